The normalized spacial score (nSPS) is 10.7. The van der Waals surface area contributed by atoms with E-state index in [9.17, 15) is 19.8 Å². The number of carbonyl (C=O) groups excluding carboxylic acids is 4. The molecule has 0 aromatic rings. The van der Waals surface area contributed by atoms with Crippen LogP contribution in [0.25, 0.3) is 0 Å². The molecule has 29 heavy (non-hydrogen) atoms. The van der Waals surface area contributed by atoms with Gasteiger partial charge in [-0.05, 0) is 51.4 Å². The van der Waals surface area contributed by atoms with E-state index >= 15 is 0 Å². The second-order valence-corrected chi connectivity index (χ2v) is 6.12. The van der Waals surface area contributed by atoms with Crippen molar-refractivity contribution >= 4 is 23.9 Å². The maximum absolute atomic E-state index is 10.3. The van der Waals surface area contributed by atoms with E-state index in [0.29, 0.717) is 12.8 Å². The number of carboxylic acids is 4. The first kappa shape index (κ1) is 38.4. The zero-order valence-electron chi connectivity index (χ0n) is 18.6. The van der Waals surface area contributed by atoms with Gasteiger partial charge in [0.15, 0.2) is 0 Å². The van der Waals surface area contributed by atoms with Gasteiger partial charge in [0.05, 0.1) is 0 Å². The van der Waals surface area contributed by atoms with E-state index in [1.54, 1.807) is 0 Å². The number of aliphatic carboxylic acids is 4. The van der Waals surface area contributed by atoms with Crippen molar-refractivity contribution in [2.45, 2.75) is 92.9 Å². The Labute approximate surface area is 194 Å². The molecule has 0 spiro atoms. The fraction of sp³-hybridized carbons (Fsp3) is 0.800. The summed E-state index contributed by atoms with van der Waals surface area (Å²) in [5.41, 5.74) is 0. The molecule has 0 fully saturated rings. The van der Waals surface area contributed by atoms with Gasteiger partial charge in [-0.1, -0.05) is 53.4 Å². The predicted molar refractivity (Wildman–Crippen MR) is 98.0 cm³/mol. The molecule has 2 atom stereocenters. The predicted octanol–water partition coefficient (Wildman–Crippen LogP) is -0.585. The van der Waals surface area contributed by atoms with Gasteiger partial charge in [0.1, 0.15) is 0 Å². The molecule has 0 amide bonds. The van der Waals surface area contributed by atoms with Crippen LogP contribution >= 0.6 is 0 Å². The number of rotatable bonds is 10. The number of carboxylic acid groups (broad SMARTS) is 4. The van der Waals surface area contributed by atoms with E-state index in [4.69, 9.17) is 19.8 Å². The molecule has 0 aromatic heterocycles. The molecule has 0 bridgehead atoms. The molecule has 8 nitrogen and oxygen atoms in total. The van der Waals surface area contributed by atoms with Crippen molar-refractivity contribution in [1.29, 1.82) is 0 Å². The third kappa shape index (κ3) is 46.6. The van der Waals surface area contributed by atoms with Gasteiger partial charge < -0.3 is 39.6 Å². The average Bonchev–Trinajstić information content (AvgIpc) is 2.55. The van der Waals surface area contributed by atoms with Gasteiger partial charge in [0.25, 0.3) is 0 Å². The molecule has 0 heterocycles. The summed E-state index contributed by atoms with van der Waals surface area (Å²) in [6, 6.07) is 0. The molecule has 0 aliphatic heterocycles. The summed E-state index contributed by atoms with van der Waals surface area (Å²) in [6.45, 7) is 9.83. The summed E-state index contributed by atoms with van der Waals surface area (Å²) >= 11 is 0. The molecule has 0 N–H and O–H groups in total. The van der Waals surface area contributed by atoms with Gasteiger partial charge in [-0.25, -0.2) is 0 Å². The number of carbonyl (C=O) groups is 4. The first-order valence-corrected chi connectivity index (χ1v) is 9.67. The summed E-state index contributed by atoms with van der Waals surface area (Å²) < 4.78 is 0. The van der Waals surface area contributed by atoms with Crippen LogP contribution in [-0.4, -0.2) is 23.9 Å². The molecule has 0 radical (unpaired) electrons. The van der Waals surface area contributed by atoms with Crippen molar-refractivity contribution in [2.24, 2.45) is 11.8 Å². The monoisotopic (exact) mass is 494 g/mol. The van der Waals surface area contributed by atoms with Crippen LogP contribution in [0.5, 0.6) is 0 Å². The Bertz CT molecular complexity index is 367. The van der Waals surface area contributed by atoms with Crippen LogP contribution in [0.4, 0.5) is 0 Å². The molecular weight excluding hydrogens is 459 g/mol. The van der Waals surface area contributed by atoms with Gasteiger partial charge >= 0.3 is 26.2 Å². The first-order chi connectivity index (χ1) is 12.9. The van der Waals surface area contributed by atoms with Crippen molar-refractivity contribution < 1.29 is 65.8 Å². The number of hydrogen-bond donors (Lipinski definition) is 0. The first-order valence-electron chi connectivity index (χ1n) is 9.67. The van der Waals surface area contributed by atoms with Crippen LogP contribution in [0.2, 0.25) is 0 Å². The summed E-state index contributed by atoms with van der Waals surface area (Å²) in [5.74, 6) is -4.40. The van der Waals surface area contributed by atoms with E-state index in [0.717, 1.165) is 52.4 Å². The minimum absolute atomic E-state index is 0. The van der Waals surface area contributed by atoms with Crippen LogP contribution in [0, 0.1) is 11.8 Å². The van der Waals surface area contributed by atoms with E-state index in [-0.39, 0.29) is 38.0 Å². The quantitative estimate of drug-likeness (QED) is 0.389. The van der Waals surface area contributed by atoms with Crippen LogP contribution in [0.1, 0.15) is 92.9 Å². The van der Waals surface area contributed by atoms with Crippen LogP contribution in [0.15, 0.2) is 0 Å². The van der Waals surface area contributed by atoms with E-state index in [1.165, 1.54) is 0 Å². The van der Waals surface area contributed by atoms with Crippen LogP contribution < -0.4 is 20.4 Å². The Hall–Kier alpha value is -1.24. The fourth-order valence-electron chi connectivity index (χ4n) is 1.88. The standard InChI is InChI=1S/2C8H16O2.2C2H4O2.Zr/c2*1-3-5-6-7(4-2)8(9)10;2*1-2(3)4;/h2*7H,3-6H2,1-2H3,(H,9,10);2*1H3,(H,3,4);/q;;;;+4/p-4. The summed E-state index contributed by atoms with van der Waals surface area (Å²) in [4.78, 5) is 38.4. The Morgan fingerprint density at radius 2 is 0.828 bits per heavy atom. The molecule has 2 unspecified atom stereocenters. The van der Waals surface area contributed by atoms with Gasteiger partial charge in [0.2, 0.25) is 0 Å². The fourth-order valence-corrected chi connectivity index (χ4v) is 1.88. The largest absolute Gasteiger partial charge is 4.00 e. The molecule has 0 saturated heterocycles. The van der Waals surface area contributed by atoms with Crippen molar-refractivity contribution in [1.82, 2.24) is 0 Å². The van der Waals surface area contributed by atoms with Crippen molar-refractivity contribution in [3.63, 3.8) is 0 Å². The zero-order chi connectivity index (χ0) is 23.1. The summed E-state index contributed by atoms with van der Waals surface area (Å²) in [5, 5.41) is 38.4. The van der Waals surface area contributed by atoms with Gasteiger partial charge in [-0.2, -0.15) is 0 Å². The van der Waals surface area contributed by atoms with Crippen molar-refractivity contribution in [3.05, 3.63) is 0 Å². The summed E-state index contributed by atoms with van der Waals surface area (Å²) in [6.07, 6.45) is 7.04. The molecule has 0 aliphatic carbocycles. The minimum atomic E-state index is -1.08. The minimum Gasteiger partial charge on any atom is -0.550 e. The third-order valence-corrected chi connectivity index (χ3v) is 3.46. The van der Waals surface area contributed by atoms with Crippen LogP contribution in [0.3, 0.4) is 0 Å². The molecule has 9 heteroatoms. The third-order valence-electron chi connectivity index (χ3n) is 3.46. The number of hydrogen-bond acceptors (Lipinski definition) is 8. The Balaban J connectivity index is -0.0000000950. The molecule has 0 aliphatic rings. The molecule has 168 valence electrons. The Morgan fingerprint density at radius 1 is 0.621 bits per heavy atom. The Morgan fingerprint density at radius 3 is 0.931 bits per heavy atom. The van der Waals surface area contributed by atoms with E-state index < -0.39 is 23.9 Å². The second kappa shape index (κ2) is 29.0. The number of unbranched alkanes of at least 4 members (excludes halogenated alkanes) is 2. The van der Waals surface area contributed by atoms with E-state index in [1.807, 2.05) is 13.8 Å². The molecular formula is C20H36O8Zr. The topological polar surface area (TPSA) is 161 Å². The smallest absolute Gasteiger partial charge is 0.550 e. The van der Waals surface area contributed by atoms with Gasteiger partial charge in [0, 0.05) is 23.9 Å². The van der Waals surface area contributed by atoms with Gasteiger partial charge in [-0.15, -0.1) is 0 Å². The van der Waals surface area contributed by atoms with Gasteiger partial charge in [-0.3, -0.25) is 0 Å². The molecule has 0 aromatic carbocycles. The molecule has 0 saturated carbocycles. The second-order valence-electron chi connectivity index (χ2n) is 6.12. The van der Waals surface area contributed by atoms with E-state index in [2.05, 4.69) is 13.8 Å². The Kier molecular flexibility index (Phi) is 38.3. The maximum Gasteiger partial charge on any atom is 4.00 e. The summed E-state index contributed by atoms with van der Waals surface area (Å²) in [7, 11) is 0. The maximum atomic E-state index is 10.3. The van der Waals surface area contributed by atoms with Crippen LogP contribution in [-0.2, 0) is 45.4 Å². The van der Waals surface area contributed by atoms with Crippen molar-refractivity contribution in [2.75, 3.05) is 0 Å². The zero-order valence-corrected chi connectivity index (χ0v) is 21.0. The SMILES string of the molecule is CC(=O)[O-].CC(=O)[O-].CCCCC(CC)C(=O)[O-].CCCCC(CC)C(=O)[O-].[Zr+4]. The molecule has 0 rings (SSSR count). The average molecular weight is 496 g/mol. The van der Waals surface area contributed by atoms with Crippen molar-refractivity contribution in [3.8, 4) is 0 Å².